The van der Waals surface area contributed by atoms with E-state index in [4.69, 9.17) is 0 Å². The lowest BCUT2D eigenvalue weighted by Crippen LogP contribution is -2.27. The highest BCUT2D eigenvalue weighted by Gasteiger charge is 2.14. The van der Waals surface area contributed by atoms with Crippen molar-refractivity contribution >= 4 is 15.5 Å². The molecule has 1 unspecified atom stereocenters. The Kier molecular flexibility index (Phi) is 6.09. The molecule has 0 saturated carbocycles. The highest BCUT2D eigenvalue weighted by Crippen LogP contribution is 2.21. The van der Waals surface area contributed by atoms with E-state index in [0.717, 1.165) is 12.0 Å². The van der Waals surface area contributed by atoms with Gasteiger partial charge in [0.25, 0.3) is 5.69 Å². The maximum Gasteiger partial charge on any atom is 0.269 e. The summed E-state index contributed by atoms with van der Waals surface area (Å²) in [6.45, 7) is 3.91. The molecule has 1 N–H and O–H groups in total. The maximum atomic E-state index is 11.4. The van der Waals surface area contributed by atoms with Crippen LogP contribution in [0.4, 0.5) is 5.69 Å². The van der Waals surface area contributed by atoms with Gasteiger partial charge >= 0.3 is 0 Å². The minimum atomic E-state index is -3.00. The van der Waals surface area contributed by atoms with Gasteiger partial charge in [0.15, 0.2) is 9.84 Å². The second-order valence-corrected chi connectivity index (χ2v) is 6.98. The van der Waals surface area contributed by atoms with E-state index in [1.54, 1.807) is 13.0 Å². The number of nitro benzene ring substituents is 1. The Morgan fingerprint density at radius 3 is 2.60 bits per heavy atom. The van der Waals surface area contributed by atoms with E-state index in [2.05, 4.69) is 5.32 Å². The number of rotatable bonds is 8. The lowest BCUT2D eigenvalue weighted by atomic mass is 10.0. The summed E-state index contributed by atoms with van der Waals surface area (Å²) in [5, 5.41) is 13.9. The fourth-order valence-corrected chi connectivity index (χ4v) is 2.60. The van der Waals surface area contributed by atoms with Gasteiger partial charge in [0.2, 0.25) is 0 Å². The number of hydrogen-bond acceptors (Lipinski definition) is 5. The predicted octanol–water partition coefficient (Wildman–Crippen LogP) is 2.07. The molecule has 20 heavy (non-hydrogen) atoms. The molecule has 6 nitrogen and oxygen atoms in total. The van der Waals surface area contributed by atoms with Gasteiger partial charge in [0.05, 0.1) is 10.7 Å². The minimum Gasteiger partial charge on any atom is -0.309 e. The van der Waals surface area contributed by atoms with Gasteiger partial charge in [-0.05, 0) is 12.0 Å². The topological polar surface area (TPSA) is 89.3 Å². The first-order valence-electron chi connectivity index (χ1n) is 6.57. The van der Waals surface area contributed by atoms with Crippen LogP contribution < -0.4 is 5.32 Å². The third kappa shape index (κ3) is 4.90. The third-order valence-corrected chi connectivity index (χ3v) is 4.84. The van der Waals surface area contributed by atoms with Crippen LogP contribution in [0.5, 0.6) is 0 Å². The molecular formula is C13H20N2O4S. The molecule has 0 bridgehead atoms. The van der Waals surface area contributed by atoms with Gasteiger partial charge in [-0.25, -0.2) is 8.42 Å². The summed E-state index contributed by atoms with van der Waals surface area (Å²) in [5.41, 5.74) is 0.847. The van der Waals surface area contributed by atoms with Crippen molar-refractivity contribution in [2.75, 3.05) is 18.1 Å². The first-order valence-corrected chi connectivity index (χ1v) is 8.40. The van der Waals surface area contributed by atoms with Gasteiger partial charge in [0, 0.05) is 30.5 Å². The molecule has 1 atom stereocenters. The molecule has 7 heteroatoms. The Bertz CT molecular complexity index is 557. The van der Waals surface area contributed by atoms with Crippen molar-refractivity contribution in [2.24, 2.45) is 0 Å². The molecule has 0 heterocycles. The average Bonchev–Trinajstić information content (AvgIpc) is 2.43. The van der Waals surface area contributed by atoms with Crippen molar-refractivity contribution in [3.05, 3.63) is 39.9 Å². The van der Waals surface area contributed by atoms with Crippen LogP contribution in [0.25, 0.3) is 0 Å². The van der Waals surface area contributed by atoms with Crippen LogP contribution in [0.3, 0.4) is 0 Å². The summed E-state index contributed by atoms with van der Waals surface area (Å²) >= 11 is 0. The zero-order valence-corrected chi connectivity index (χ0v) is 12.5. The zero-order valence-electron chi connectivity index (χ0n) is 11.7. The van der Waals surface area contributed by atoms with Crippen LogP contribution in [-0.4, -0.2) is 31.4 Å². The molecule has 0 saturated heterocycles. The van der Waals surface area contributed by atoms with Crippen molar-refractivity contribution < 1.29 is 13.3 Å². The SMILES string of the molecule is CCC(NCCS(=O)(=O)CC)c1cccc([N+](=O)[O-])c1. The van der Waals surface area contributed by atoms with Gasteiger partial charge in [-0.3, -0.25) is 10.1 Å². The molecule has 1 rings (SSSR count). The number of nitro groups is 1. The Morgan fingerprint density at radius 2 is 2.05 bits per heavy atom. The fourth-order valence-electron chi connectivity index (χ4n) is 1.89. The zero-order chi connectivity index (χ0) is 15.2. The molecule has 0 aliphatic heterocycles. The van der Waals surface area contributed by atoms with Gasteiger partial charge < -0.3 is 5.32 Å². The molecule has 112 valence electrons. The number of non-ortho nitro benzene ring substituents is 1. The summed E-state index contributed by atoms with van der Waals surface area (Å²) in [4.78, 5) is 10.3. The molecule has 0 amide bonds. The maximum absolute atomic E-state index is 11.4. The highest BCUT2D eigenvalue weighted by molar-refractivity contribution is 7.91. The number of hydrogen-bond donors (Lipinski definition) is 1. The van der Waals surface area contributed by atoms with Crippen LogP contribution in [0.2, 0.25) is 0 Å². The van der Waals surface area contributed by atoms with Crippen molar-refractivity contribution in [3.63, 3.8) is 0 Å². The Labute approximate surface area is 119 Å². The van der Waals surface area contributed by atoms with Gasteiger partial charge in [-0.1, -0.05) is 26.0 Å². The first kappa shape index (κ1) is 16.6. The van der Waals surface area contributed by atoms with E-state index in [0.29, 0.717) is 6.54 Å². The summed E-state index contributed by atoms with van der Waals surface area (Å²) in [7, 11) is -3.00. The van der Waals surface area contributed by atoms with Crippen molar-refractivity contribution in [1.29, 1.82) is 0 Å². The standard InChI is InChI=1S/C13H20N2O4S/c1-3-13(14-8-9-20(18,19)4-2)11-6-5-7-12(10-11)15(16)17/h5-7,10,13-14H,3-4,8-9H2,1-2H3. The van der Waals surface area contributed by atoms with E-state index in [1.165, 1.54) is 12.1 Å². The molecule has 1 aromatic carbocycles. The van der Waals surface area contributed by atoms with E-state index in [-0.39, 0.29) is 23.2 Å². The monoisotopic (exact) mass is 300 g/mol. The van der Waals surface area contributed by atoms with Crippen LogP contribution in [-0.2, 0) is 9.84 Å². The fraction of sp³-hybridized carbons (Fsp3) is 0.538. The van der Waals surface area contributed by atoms with Crippen LogP contribution in [0.15, 0.2) is 24.3 Å². The lowest BCUT2D eigenvalue weighted by Gasteiger charge is -2.17. The minimum absolute atomic E-state index is 0.0453. The van der Waals surface area contributed by atoms with Gasteiger partial charge in [-0.2, -0.15) is 0 Å². The number of benzene rings is 1. The normalized spacial score (nSPS) is 13.1. The number of nitrogens with one attached hydrogen (secondary N) is 1. The summed E-state index contributed by atoms with van der Waals surface area (Å²) in [5.74, 6) is 0.206. The Balaban J connectivity index is 2.71. The Morgan fingerprint density at radius 1 is 1.35 bits per heavy atom. The third-order valence-electron chi connectivity index (χ3n) is 3.14. The first-order chi connectivity index (χ1) is 9.39. The summed E-state index contributed by atoms with van der Waals surface area (Å²) in [6.07, 6.45) is 0.730. The number of sulfone groups is 1. The molecule has 0 radical (unpaired) electrons. The van der Waals surface area contributed by atoms with Gasteiger partial charge in [0.1, 0.15) is 0 Å². The molecule has 0 spiro atoms. The van der Waals surface area contributed by atoms with E-state index < -0.39 is 14.8 Å². The molecule has 1 aromatic rings. The highest BCUT2D eigenvalue weighted by atomic mass is 32.2. The second-order valence-electron chi connectivity index (χ2n) is 4.50. The van der Waals surface area contributed by atoms with E-state index in [9.17, 15) is 18.5 Å². The van der Waals surface area contributed by atoms with Crippen LogP contribution in [0.1, 0.15) is 31.9 Å². The summed E-state index contributed by atoms with van der Waals surface area (Å²) < 4.78 is 22.8. The molecule has 0 aromatic heterocycles. The van der Waals surface area contributed by atoms with Crippen LogP contribution >= 0.6 is 0 Å². The van der Waals surface area contributed by atoms with Crippen molar-refractivity contribution in [3.8, 4) is 0 Å². The van der Waals surface area contributed by atoms with Crippen LogP contribution in [0, 0.1) is 10.1 Å². The largest absolute Gasteiger partial charge is 0.309 e. The quantitative estimate of drug-likeness (QED) is 0.586. The van der Waals surface area contributed by atoms with E-state index >= 15 is 0 Å². The van der Waals surface area contributed by atoms with Crippen molar-refractivity contribution in [2.45, 2.75) is 26.3 Å². The summed E-state index contributed by atoms with van der Waals surface area (Å²) in [6, 6.07) is 6.33. The van der Waals surface area contributed by atoms with Crippen molar-refractivity contribution in [1.82, 2.24) is 5.32 Å². The molecular weight excluding hydrogens is 280 g/mol. The Hall–Kier alpha value is -1.47. The van der Waals surface area contributed by atoms with E-state index in [1.807, 2.05) is 13.0 Å². The average molecular weight is 300 g/mol. The predicted molar refractivity (Wildman–Crippen MR) is 78.5 cm³/mol. The molecule has 0 aliphatic rings. The number of nitrogens with zero attached hydrogens (tertiary/aromatic N) is 1. The lowest BCUT2D eigenvalue weighted by molar-refractivity contribution is -0.384. The molecule has 0 aliphatic carbocycles. The smallest absolute Gasteiger partial charge is 0.269 e. The molecule has 0 fully saturated rings. The second kappa shape index (κ2) is 7.35. The van der Waals surface area contributed by atoms with Gasteiger partial charge in [-0.15, -0.1) is 0 Å².